The molecule has 0 aliphatic heterocycles. The van der Waals surface area contributed by atoms with Gasteiger partial charge in [-0.05, 0) is 30.7 Å². The van der Waals surface area contributed by atoms with E-state index < -0.39 is 0 Å². The van der Waals surface area contributed by atoms with Gasteiger partial charge in [0.05, 0.1) is 16.7 Å². The largest absolute Gasteiger partial charge is 0.271 e. The molecule has 3 N–H and O–H groups in total. The third kappa shape index (κ3) is 3.22. The van der Waals surface area contributed by atoms with Crippen LogP contribution in [0.3, 0.4) is 0 Å². The number of rotatable bonds is 4. The number of thiazole rings is 1. The minimum absolute atomic E-state index is 0.0994. The Kier molecular flexibility index (Phi) is 4.59. The zero-order chi connectivity index (χ0) is 13.1. The van der Waals surface area contributed by atoms with Crippen LogP contribution >= 0.6 is 34.5 Å². The molecular formula is C12H13Cl2N3S. The molecule has 96 valence electrons. The van der Waals surface area contributed by atoms with E-state index in [1.54, 1.807) is 23.5 Å². The van der Waals surface area contributed by atoms with Crippen LogP contribution in [-0.4, -0.2) is 4.98 Å². The summed E-state index contributed by atoms with van der Waals surface area (Å²) in [6.45, 7) is 1.98. The summed E-state index contributed by atoms with van der Waals surface area (Å²) in [6.07, 6.45) is 0.681. The SMILES string of the molecule is Cc1nc(CC(NN)c2cc(Cl)ccc2Cl)cs1. The van der Waals surface area contributed by atoms with Crippen LogP contribution in [0.25, 0.3) is 0 Å². The zero-order valence-corrected chi connectivity index (χ0v) is 12.1. The average molecular weight is 302 g/mol. The van der Waals surface area contributed by atoms with E-state index in [0.717, 1.165) is 16.3 Å². The van der Waals surface area contributed by atoms with E-state index in [9.17, 15) is 0 Å². The topological polar surface area (TPSA) is 50.9 Å². The maximum absolute atomic E-state index is 6.17. The van der Waals surface area contributed by atoms with Crippen LogP contribution in [0.15, 0.2) is 23.6 Å². The van der Waals surface area contributed by atoms with Crippen molar-refractivity contribution in [1.82, 2.24) is 10.4 Å². The Bertz CT molecular complexity index is 542. The lowest BCUT2D eigenvalue weighted by Crippen LogP contribution is -2.29. The Labute approximate surface area is 120 Å². The average Bonchev–Trinajstić information content (AvgIpc) is 2.75. The van der Waals surface area contributed by atoms with Crippen LogP contribution in [0.2, 0.25) is 10.0 Å². The predicted molar refractivity (Wildman–Crippen MR) is 77.1 cm³/mol. The normalized spacial score (nSPS) is 12.7. The molecule has 0 saturated carbocycles. The van der Waals surface area contributed by atoms with Crippen molar-refractivity contribution in [3.8, 4) is 0 Å². The monoisotopic (exact) mass is 301 g/mol. The molecule has 2 aromatic rings. The van der Waals surface area contributed by atoms with Gasteiger partial charge in [0.15, 0.2) is 0 Å². The second kappa shape index (κ2) is 5.99. The zero-order valence-electron chi connectivity index (χ0n) is 9.78. The minimum atomic E-state index is -0.0994. The van der Waals surface area contributed by atoms with Crippen molar-refractivity contribution in [2.45, 2.75) is 19.4 Å². The van der Waals surface area contributed by atoms with Crippen molar-refractivity contribution in [2.75, 3.05) is 0 Å². The Morgan fingerprint density at radius 1 is 1.44 bits per heavy atom. The Morgan fingerprint density at radius 2 is 2.22 bits per heavy atom. The number of hydrogen-bond acceptors (Lipinski definition) is 4. The molecule has 6 heteroatoms. The molecule has 0 spiro atoms. The Balaban J connectivity index is 2.25. The molecule has 1 heterocycles. The first-order valence-corrected chi connectivity index (χ1v) is 7.06. The van der Waals surface area contributed by atoms with Crippen molar-refractivity contribution in [3.63, 3.8) is 0 Å². The third-order valence-electron chi connectivity index (χ3n) is 2.61. The number of hydrazine groups is 1. The Morgan fingerprint density at radius 3 is 2.83 bits per heavy atom. The highest BCUT2D eigenvalue weighted by atomic mass is 35.5. The van der Waals surface area contributed by atoms with Crippen LogP contribution < -0.4 is 11.3 Å². The first-order valence-electron chi connectivity index (χ1n) is 5.42. The van der Waals surface area contributed by atoms with Crippen LogP contribution in [-0.2, 0) is 6.42 Å². The van der Waals surface area contributed by atoms with E-state index in [0.29, 0.717) is 16.5 Å². The molecule has 0 aliphatic rings. The van der Waals surface area contributed by atoms with Crippen molar-refractivity contribution >= 4 is 34.5 Å². The van der Waals surface area contributed by atoms with Gasteiger partial charge in [0.25, 0.3) is 0 Å². The minimum Gasteiger partial charge on any atom is -0.271 e. The van der Waals surface area contributed by atoms with Crippen LogP contribution in [0.4, 0.5) is 0 Å². The summed E-state index contributed by atoms with van der Waals surface area (Å²) in [6, 6.07) is 5.26. The summed E-state index contributed by atoms with van der Waals surface area (Å²) in [5.41, 5.74) is 4.65. The van der Waals surface area contributed by atoms with E-state index >= 15 is 0 Å². The van der Waals surface area contributed by atoms with Gasteiger partial charge in [-0.2, -0.15) is 0 Å². The van der Waals surface area contributed by atoms with Crippen molar-refractivity contribution in [2.24, 2.45) is 5.84 Å². The predicted octanol–water partition coefficient (Wildman–Crippen LogP) is 3.51. The van der Waals surface area contributed by atoms with E-state index in [2.05, 4.69) is 10.4 Å². The second-order valence-electron chi connectivity index (χ2n) is 3.95. The van der Waals surface area contributed by atoms with Gasteiger partial charge < -0.3 is 0 Å². The number of hydrogen-bond donors (Lipinski definition) is 2. The summed E-state index contributed by atoms with van der Waals surface area (Å²) in [4.78, 5) is 4.42. The number of nitrogens with two attached hydrogens (primary N) is 1. The summed E-state index contributed by atoms with van der Waals surface area (Å²) in [5.74, 6) is 5.60. The highest BCUT2D eigenvalue weighted by Gasteiger charge is 2.15. The van der Waals surface area contributed by atoms with E-state index in [-0.39, 0.29) is 6.04 Å². The molecule has 0 fully saturated rings. The number of benzene rings is 1. The number of halogens is 2. The standard InChI is InChI=1S/C12H13Cl2N3S/c1-7-16-9(6-18-7)5-12(17-15)10-4-8(13)2-3-11(10)14/h2-4,6,12,17H,5,15H2,1H3. The van der Waals surface area contributed by atoms with E-state index in [4.69, 9.17) is 29.0 Å². The smallest absolute Gasteiger partial charge is 0.0897 e. The van der Waals surface area contributed by atoms with E-state index in [1.807, 2.05) is 18.4 Å². The Hall–Kier alpha value is -0.650. The molecule has 0 saturated heterocycles. The lowest BCUT2D eigenvalue weighted by Gasteiger charge is -2.17. The molecule has 0 amide bonds. The van der Waals surface area contributed by atoms with Crippen LogP contribution in [0.1, 0.15) is 22.3 Å². The fourth-order valence-corrected chi connectivity index (χ4v) is 2.81. The molecule has 18 heavy (non-hydrogen) atoms. The quantitative estimate of drug-likeness (QED) is 0.671. The molecule has 1 aromatic heterocycles. The lowest BCUT2D eigenvalue weighted by molar-refractivity contribution is 0.547. The molecule has 0 radical (unpaired) electrons. The summed E-state index contributed by atoms with van der Waals surface area (Å²) in [7, 11) is 0. The fourth-order valence-electron chi connectivity index (χ4n) is 1.75. The lowest BCUT2D eigenvalue weighted by atomic mass is 10.0. The fraction of sp³-hybridized carbons (Fsp3) is 0.250. The molecule has 0 aliphatic carbocycles. The van der Waals surface area contributed by atoms with Gasteiger partial charge in [0.2, 0.25) is 0 Å². The van der Waals surface area contributed by atoms with Gasteiger partial charge in [0.1, 0.15) is 0 Å². The van der Waals surface area contributed by atoms with Crippen molar-refractivity contribution in [3.05, 3.63) is 49.9 Å². The first-order chi connectivity index (χ1) is 8.60. The summed E-state index contributed by atoms with van der Waals surface area (Å²) in [5, 5.41) is 4.36. The van der Waals surface area contributed by atoms with Gasteiger partial charge >= 0.3 is 0 Å². The van der Waals surface area contributed by atoms with Crippen molar-refractivity contribution in [1.29, 1.82) is 0 Å². The molecule has 0 bridgehead atoms. The number of aromatic nitrogens is 1. The maximum atomic E-state index is 6.17. The maximum Gasteiger partial charge on any atom is 0.0897 e. The highest BCUT2D eigenvalue weighted by Crippen LogP contribution is 2.28. The van der Waals surface area contributed by atoms with Crippen LogP contribution in [0, 0.1) is 6.92 Å². The van der Waals surface area contributed by atoms with Gasteiger partial charge in [-0.15, -0.1) is 11.3 Å². The number of nitrogens with one attached hydrogen (secondary N) is 1. The van der Waals surface area contributed by atoms with Gasteiger partial charge in [0, 0.05) is 21.8 Å². The second-order valence-corrected chi connectivity index (χ2v) is 5.85. The number of aryl methyl sites for hydroxylation is 1. The molecule has 1 aromatic carbocycles. The van der Waals surface area contributed by atoms with Gasteiger partial charge in [-0.1, -0.05) is 23.2 Å². The molecular weight excluding hydrogens is 289 g/mol. The van der Waals surface area contributed by atoms with E-state index in [1.165, 1.54) is 0 Å². The first kappa shape index (κ1) is 13.8. The molecule has 2 rings (SSSR count). The van der Waals surface area contributed by atoms with Gasteiger partial charge in [-0.25, -0.2) is 4.98 Å². The van der Waals surface area contributed by atoms with Gasteiger partial charge in [-0.3, -0.25) is 11.3 Å². The molecule has 3 nitrogen and oxygen atoms in total. The van der Waals surface area contributed by atoms with Crippen LogP contribution in [0.5, 0.6) is 0 Å². The molecule has 1 atom stereocenters. The number of nitrogens with zero attached hydrogens (tertiary/aromatic N) is 1. The van der Waals surface area contributed by atoms with Crippen molar-refractivity contribution < 1.29 is 0 Å². The highest BCUT2D eigenvalue weighted by molar-refractivity contribution is 7.09. The summed E-state index contributed by atoms with van der Waals surface area (Å²) < 4.78 is 0. The summed E-state index contributed by atoms with van der Waals surface area (Å²) >= 11 is 13.8. The molecule has 1 unspecified atom stereocenters. The third-order valence-corrected chi connectivity index (χ3v) is 4.02.